The Morgan fingerprint density at radius 3 is 2.48 bits per heavy atom. The van der Waals surface area contributed by atoms with Gasteiger partial charge in [0.25, 0.3) is 11.8 Å². The number of benzene rings is 2. The van der Waals surface area contributed by atoms with E-state index < -0.39 is 22.0 Å². The van der Waals surface area contributed by atoms with Gasteiger partial charge in [0.1, 0.15) is 11.8 Å². The second kappa shape index (κ2) is 9.32. The Hall–Kier alpha value is -3.25. The summed E-state index contributed by atoms with van der Waals surface area (Å²) in [5.41, 5.74) is 3.02. The van der Waals surface area contributed by atoms with Crippen LogP contribution in [0.15, 0.2) is 70.3 Å². The molecule has 2 heterocycles. The fourth-order valence-electron chi connectivity index (χ4n) is 3.71. The molecule has 11 heteroatoms. The summed E-state index contributed by atoms with van der Waals surface area (Å²) in [4.78, 5) is 27.3. The van der Waals surface area contributed by atoms with E-state index in [1.54, 1.807) is 46.6 Å². The molecule has 0 spiro atoms. The van der Waals surface area contributed by atoms with Crippen LogP contribution >= 0.6 is 11.3 Å². The van der Waals surface area contributed by atoms with Crippen LogP contribution in [-0.2, 0) is 21.4 Å². The van der Waals surface area contributed by atoms with E-state index >= 15 is 0 Å². The number of carbonyl (C=O) groups excluding carboxylic acids is 2. The van der Waals surface area contributed by atoms with Crippen LogP contribution in [0.2, 0.25) is 0 Å². The highest BCUT2D eigenvalue weighted by Gasteiger charge is 2.41. The standard InChI is InChI=1S/C22H21N3O6S2/c1-31-17-6-8-18(9-7-17)33(29,30)25-12-15-4-2-3-5-19(15)24(13-20(25)21(26)23-28)22(27)16-10-11-32-14-16/h2-11,14,20,28H,12-13H2,1H3,(H,23,26). The van der Waals surface area contributed by atoms with Crippen molar-refractivity contribution in [1.82, 2.24) is 9.79 Å². The molecule has 9 nitrogen and oxygen atoms in total. The second-order valence-corrected chi connectivity index (χ2v) is 9.94. The molecule has 1 aliphatic heterocycles. The molecule has 0 radical (unpaired) electrons. The van der Waals surface area contributed by atoms with Crippen LogP contribution in [-0.4, -0.2) is 49.4 Å². The molecule has 3 aromatic rings. The van der Waals surface area contributed by atoms with E-state index in [1.807, 2.05) is 0 Å². The number of anilines is 1. The summed E-state index contributed by atoms with van der Waals surface area (Å²) >= 11 is 1.35. The topological polar surface area (TPSA) is 116 Å². The summed E-state index contributed by atoms with van der Waals surface area (Å²) in [6, 6.07) is 12.9. The Morgan fingerprint density at radius 1 is 1.12 bits per heavy atom. The maximum absolute atomic E-state index is 13.6. The van der Waals surface area contributed by atoms with E-state index in [-0.39, 0.29) is 23.9 Å². The molecule has 0 saturated heterocycles. The number of para-hydroxylation sites is 1. The molecule has 172 valence electrons. The molecule has 2 N–H and O–H groups in total. The van der Waals surface area contributed by atoms with E-state index in [1.165, 1.54) is 47.6 Å². The van der Waals surface area contributed by atoms with E-state index in [0.29, 0.717) is 22.6 Å². The van der Waals surface area contributed by atoms with Gasteiger partial charge in [-0.2, -0.15) is 15.6 Å². The van der Waals surface area contributed by atoms with Gasteiger partial charge in [0.05, 0.1) is 24.1 Å². The number of nitrogens with zero attached hydrogens (tertiary/aromatic N) is 2. The van der Waals surface area contributed by atoms with Gasteiger partial charge in [-0.3, -0.25) is 14.8 Å². The van der Waals surface area contributed by atoms with Crippen LogP contribution in [0.25, 0.3) is 0 Å². The zero-order valence-electron chi connectivity index (χ0n) is 17.5. The molecule has 1 unspecified atom stereocenters. The van der Waals surface area contributed by atoms with Gasteiger partial charge in [-0.1, -0.05) is 18.2 Å². The van der Waals surface area contributed by atoms with E-state index in [2.05, 4.69) is 0 Å². The molecular weight excluding hydrogens is 466 g/mol. The number of ether oxygens (including phenoxy) is 1. The fourth-order valence-corrected chi connectivity index (χ4v) is 5.89. The second-order valence-electron chi connectivity index (χ2n) is 7.27. The number of hydrogen-bond donors (Lipinski definition) is 2. The normalized spacial score (nSPS) is 16.5. The predicted octanol–water partition coefficient (Wildman–Crippen LogP) is 2.48. The average molecular weight is 488 g/mol. The summed E-state index contributed by atoms with van der Waals surface area (Å²) in [5.74, 6) is -0.835. The molecule has 0 fully saturated rings. The molecule has 2 aromatic carbocycles. The molecule has 1 aromatic heterocycles. The number of methoxy groups -OCH3 is 1. The number of rotatable bonds is 5. The summed E-state index contributed by atoms with van der Waals surface area (Å²) in [6.45, 7) is -0.455. The molecule has 1 atom stereocenters. The fraction of sp³-hybridized carbons (Fsp3) is 0.182. The third-order valence-corrected chi connectivity index (χ3v) is 7.96. The molecule has 0 aliphatic carbocycles. The molecule has 1 aliphatic rings. The summed E-state index contributed by atoms with van der Waals surface area (Å²) < 4.78 is 33.3. The van der Waals surface area contributed by atoms with Crippen LogP contribution < -0.4 is 15.1 Å². The minimum Gasteiger partial charge on any atom is -0.497 e. The molecule has 0 saturated carbocycles. The maximum Gasteiger partial charge on any atom is 0.263 e. The number of sulfonamides is 1. The zero-order valence-corrected chi connectivity index (χ0v) is 19.2. The predicted molar refractivity (Wildman–Crippen MR) is 122 cm³/mol. The molecule has 33 heavy (non-hydrogen) atoms. The summed E-state index contributed by atoms with van der Waals surface area (Å²) in [7, 11) is -2.72. The van der Waals surface area contributed by atoms with Gasteiger partial charge in [-0.25, -0.2) is 13.9 Å². The Labute approximate surface area is 194 Å². The van der Waals surface area contributed by atoms with Crippen LogP contribution in [0.4, 0.5) is 5.69 Å². The minimum absolute atomic E-state index is 0.0471. The third kappa shape index (κ3) is 4.35. The number of hydroxylamine groups is 1. The van der Waals surface area contributed by atoms with Gasteiger partial charge < -0.3 is 9.64 Å². The molecular formula is C22H21N3O6S2. The first kappa shape index (κ1) is 22.9. The first-order chi connectivity index (χ1) is 15.9. The van der Waals surface area contributed by atoms with Crippen LogP contribution in [0, 0.1) is 0 Å². The Morgan fingerprint density at radius 2 is 1.85 bits per heavy atom. The lowest BCUT2D eigenvalue weighted by Crippen LogP contribution is -2.53. The molecule has 0 bridgehead atoms. The first-order valence-corrected chi connectivity index (χ1v) is 12.3. The largest absolute Gasteiger partial charge is 0.497 e. The summed E-state index contributed by atoms with van der Waals surface area (Å²) in [5, 5.41) is 12.8. The number of hydrogen-bond acceptors (Lipinski definition) is 7. The monoisotopic (exact) mass is 487 g/mol. The van der Waals surface area contributed by atoms with Gasteiger partial charge in [-0.05, 0) is 47.3 Å². The number of carbonyl (C=O) groups is 2. The lowest BCUT2D eigenvalue weighted by Gasteiger charge is -2.29. The van der Waals surface area contributed by atoms with Crippen molar-refractivity contribution in [3.05, 3.63) is 76.5 Å². The molecule has 4 rings (SSSR count). The molecule has 2 amide bonds. The first-order valence-electron chi connectivity index (χ1n) is 9.88. The van der Waals surface area contributed by atoms with E-state index in [9.17, 15) is 23.2 Å². The SMILES string of the molecule is COc1ccc(S(=O)(=O)N2Cc3ccccc3N(C(=O)c3ccsc3)CC2C(=O)NO)cc1. The average Bonchev–Trinajstić information content (AvgIpc) is 3.32. The van der Waals surface area contributed by atoms with E-state index in [0.717, 1.165) is 4.31 Å². The highest BCUT2D eigenvalue weighted by atomic mass is 32.2. The van der Waals surface area contributed by atoms with Crippen molar-refractivity contribution >= 4 is 38.9 Å². The quantitative estimate of drug-likeness (QED) is 0.422. The van der Waals surface area contributed by atoms with Crippen molar-refractivity contribution in [2.75, 3.05) is 18.6 Å². The Bertz CT molecular complexity index is 1260. The number of thiophene rings is 1. The van der Waals surface area contributed by atoms with Crippen LogP contribution in [0.3, 0.4) is 0 Å². The number of nitrogens with one attached hydrogen (secondary N) is 1. The van der Waals surface area contributed by atoms with Gasteiger partial charge in [0, 0.05) is 17.6 Å². The van der Waals surface area contributed by atoms with Crippen molar-refractivity contribution in [1.29, 1.82) is 0 Å². The van der Waals surface area contributed by atoms with Crippen molar-refractivity contribution in [2.45, 2.75) is 17.5 Å². The lowest BCUT2D eigenvalue weighted by molar-refractivity contribution is -0.133. The zero-order chi connectivity index (χ0) is 23.6. The lowest BCUT2D eigenvalue weighted by atomic mass is 10.1. The smallest absolute Gasteiger partial charge is 0.263 e. The van der Waals surface area contributed by atoms with Gasteiger partial charge in [0.15, 0.2) is 0 Å². The Kier molecular flexibility index (Phi) is 6.47. The summed E-state index contributed by atoms with van der Waals surface area (Å²) in [6.07, 6.45) is 0. The third-order valence-electron chi connectivity index (χ3n) is 5.40. The van der Waals surface area contributed by atoms with Crippen LogP contribution in [0.1, 0.15) is 15.9 Å². The van der Waals surface area contributed by atoms with Crippen molar-refractivity contribution in [3.63, 3.8) is 0 Å². The number of fused-ring (bicyclic) bond motifs is 1. The van der Waals surface area contributed by atoms with E-state index in [4.69, 9.17) is 4.74 Å². The van der Waals surface area contributed by atoms with Gasteiger partial charge in [-0.15, -0.1) is 0 Å². The van der Waals surface area contributed by atoms with Crippen molar-refractivity contribution < 1.29 is 28.0 Å². The van der Waals surface area contributed by atoms with Gasteiger partial charge in [0.2, 0.25) is 10.0 Å². The van der Waals surface area contributed by atoms with Gasteiger partial charge >= 0.3 is 0 Å². The van der Waals surface area contributed by atoms with Crippen molar-refractivity contribution in [3.8, 4) is 5.75 Å². The Balaban J connectivity index is 1.82. The number of amides is 2. The highest BCUT2D eigenvalue weighted by molar-refractivity contribution is 7.89. The van der Waals surface area contributed by atoms with Crippen LogP contribution in [0.5, 0.6) is 5.75 Å². The van der Waals surface area contributed by atoms with Crippen molar-refractivity contribution in [2.24, 2.45) is 0 Å². The highest BCUT2D eigenvalue weighted by Crippen LogP contribution is 2.32. The minimum atomic E-state index is -4.19. The maximum atomic E-state index is 13.6.